The first kappa shape index (κ1) is 19.4. The van der Waals surface area contributed by atoms with Gasteiger partial charge in [0.05, 0.1) is 11.4 Å². The van der Waals surface area contributed by atoms with E-state index < -0.39 is 21.7 Å². The Hall–Kier alpha value is -2.94. The Morgan fingerprint density at radius 3 is 2.12 bits per heavy atom. The molecule has 0 fully saturated rings. The van der Waals surface area contributed by atoms with Crippen molar-refractivity contribution in [2.45, 2.75) is 4.90 Å². The first-order valence-electron chi connectivity index (χ1n) is 7.56. The molecule has 2 amide bonds. The molecule has 0 bridgehead atoms. The molecule has 0 unspecified atom stereocenters. The maximum absolute atomic E-state index is 12.9. The fraction of sp³-hybridized carbons (Fsp3) is 0.176. The van der Waals surface area contributed by atoms with Crippen molar-refractivity contribution < 1.29 is 22.4 Å². The molecule has 7 nitrogen and oxygen atoms in total. The van der Waals surface area contributed by atoms with Gasteiger partial charge in [-0.05, 0) is 48.5 Å². The van der Waals surface area contributed by atoms with Crippen LogP contribution in [0, 0.1) is 5.82 Å². The van der Waals surface area contributed by atoms with E-state index in [4.69, 9.17) is 0 Å². The summed E-state index contributed by atoms with van der Waals surface area (Å²) >= 11 is 0. The molecule has 0 saturated carbocycles. The van der Waals surface area contributed by atoms with E-state index in [1.165, 1.54) is 29.2 Å². The van der Waals surface area contributed by atoms with Crippen LogP contribution >= 0.6 is 0 Å². The van der Waals surface area contributed by atoms with Gasteiger partial charge in [-0.2, -0.15) is 0 Å². The number of nitrogens with one attached hydrogen (secondary N) is 2. The number of nitrogens with zero attached hydrogens (tertiary/aromatic N) is 1. The van der Waals surface area contributed by atoms with E-state index in [9.17, 15) is 22.4 Å². The number of hydrogen-bond acceptors (Lipinski definition) is 4. The van der Waals surface area contributed by atoms with E-state index >= 15 is 0 Å². The van der Waals surface area contributed by atoms with Crippen molar-refractivity contribution in [2.24, 2.45) is 0 Å². The van der Waals surface area contributed by atoms with Crippen LogP contribution in [0.15, 0.2) is 53.4 Å². The van der Waals surface area contributed by atoms with Gasteiger partial charge in [0.15, 0.2) is 0 Å². The smallest absolute Gasteiger partial charge is 0.261 e. The standard InChI is InChI=1S/C17H18FN3O4S/c1-21(2)16(22)11-19-17(23)12-3-7-14(8-4-12)20-26(24,25)15-9-5-13(18)6-10-15/h3-10,20H,11H2,1-2H3,(H,19,23). The lowest BCUT2D eigenvalue weighted by Crippen LogP contribution is -2.36. The maximum Gasteiger partial charge on any atom is 0.261 e. The molecule has 2 aromatic rings. The molecule has 0 aliphatic heterocycles. The predicted molar refractivity (Wildman–Crippen MR) is 94.7 cm³/mol. The second kappa shape index (κ2) is 7.96. The molecular formula is C17H18FN3O4S. The van der Waals surface area contributed by atoms with Crippen molar-refractivity contribution in [2.75, 3.05) is 25.4 Å². The largest absolute Gasteiger partial charge is 0.347 e. The summed E-state index contributed by atoms with van der Waals surface area (Å²) in [7, 11) is -0.702. The van der Waals surface area contributed by atoms with Crippen LogP contribution < -0.4 is 10.0 Å². The molecule has 2 aromatic carbocycles. The van der Waals surface area contributed by atoms with E-state index in [1.807, 2.05) is 0 Å². The molecule has 9 heteroatoms. The predicted octanol–water partition coefficient (Wildman–Crippen LogP) is 1.44. The van der Waals surface area contributed by atoms with Gasteiger partial charge in [-0.25, -0.2) is 12.8 Å². The summed E-state index contributed by atoms with van der Waals surface area (Å²) in [6, 6.07) is 10.1. The lowest BCUT2D eigenvalue weighted by Gasteiger charge is -2.11. The number of halogens is 1. The van der Waals surface area contributed by atoms with E-state index in [1.54, 1.807) is 14.1 Å². The molecule has 0 heterocycles. The lowest BCUT2D eigenvalue weighted by molar-refractivity contribution is -0.127. The molecule has 138 valence electrons. The molecule has 0 saturated heterocycles. The van der Waals surface area contributed by atoms with Crippen molar-refractivity contribution in [1.82, 2.24) is 10.2 Å². The van der Waals surface area contributed by atoms with Crippen molar-refractivity contribution >= 4 is 27.5 Å². The van der Waals surface area contributed by atoms with E-state index in [0.717, 1.165) is 24.3 Å². The van der Waals surface area contributed by atoms with E-state index in [0.29, 0.717) is 0 Å². The summed E-state index contributed by atoms with van der Waals surface area (Å²) in [6.07, 6.45) is 0. The van der Waals surface area contributed by atoms with Crippen LogP contribution in [0.5, 0.6) is 0 Å². The van der Waals surface area contributed by atoms with Crippen LogP contribution in [0.4, 0.5) is 10.1 Å². The minimum absolute atomic E-state index is 0.0806. The van der Waals surface area contributed by atoms with Crippen LogP contribution in [0.3, 0.4) is 0 Å². The van der Waals surface area contributed by atoms with Crippen LogP contribution in [0.2, 0.25) is 0 Å². The van der Waals surface area contributed by atoms with Crippen LogP contribution in [0.25, 0.3) is 0 Å². The fourth-order valence-corrected chi connectivity index (χ4v) is 2.99. The first-order chi connectivity index (χ1) is 12.2. The Kier molecular flexibility index (Phi) is 5.93. The Balaban J connectivity index is 2.04. The average Bonchev–Trinajstić information content (AvgIpc) is 2.60. The van der Waals surface area contributed by atoms with Gasteiger partial charge in [0.1, 0.15) is 5.82 Å². The quantitative estimate of drug-likeness (QED) is 0.794. The molecule has 0 aliphatic rings. The minimum Gasteiger partial charge on any atom is -0.347 e. The summed E-state index contributed by atoms with van der Waals surface area (Å²) in [4.78, 5) is 24.7. The molecule has 2 rings (SSSR count). The Morgan fingerprint density at radius 1 is 1.00 bits per heavy atom. The van der Waals surface area contributed by atoms with Crippen molar-refractivity contribution in [1.29, 1.82) is 0 Å². The number of anilines is 1. The zero-order chi connectivity index (χ0) is 19.3. The molecule has 0 spiro atoms. The van der Waals surface area contributed by atoms with Gasteiger partial charge in [-0.1, -0.05) is 0 Å². The van der Waals surface area contributed by atoms with E-state index in [2.05, 4.69) is 10.0 Å². The van der Waals surface area contributed by atoms with Gasteiger partial charge in [-0.15, -0.1) is 0 Å². The second-order valence-corrected chi connectivity index (χ2v) is 7.29. The van der Waals surface area contributed by atoms with Crippen LogP contribution in [-0.4, -0.2) is 45.8 Å². The SMILES string of the molecule is CN(C)C(=O)CNC(=O)c1ccc(NS(=O)(=O)c2ccc(F)cc2)cc1. The summed E-state index contributed by atoms with van der Waals surface area (Å²) in [5.74, 6) is -1.23. The minimum atomic E-state index is -3.86. The number of rotatable bonds is 6. The van der Waals surface area contributed by atoms with Gasteiger partial charge in [-0.3, -0.25) is 14.3 Å². The molecule has 0 radical (unpaired) electrons. The monoisotopic (exact) mass is 379 g/mol. The topological polar surface area (TPSA) is 95.6 Å². The molecule has 2 N–H and O–H groups in total. The Labute approximate surface area is 150 Å². The van der Waals surface area contributed by atoms with E-state index in [-0.39, 0.29) is 28.6 Å². The Bertz CT molecular complexity index is 895. The van der Waals surface area contributed by atoms with Crippen molar-refractivity contribution in [3.05, 3.63) is 59.9 Å². The van der Waals surface area contributed by atoms with Crippen molar-refractivity contribution in [3.8, 4) is 0 Å². The van der Waals surface area contributed by atoms with Gasteiger partial charge < -0.3 is 10.2 Å². The molecule has 0 aliphatic carbocycles. The molecule has 26 heavy (non-hydrogen) atoms. The zero-order valence-electron chi connectivity index (χ0n) is 14.2. The molecule has 0 aromatic heterocycles. The van der Waals surface area contributed by atoms with Gasteiger partial charge in [0.25, 0.3) is 15.9 Å². The summed E-state index contributed by atoms with van der Waals surface area (Å²) in [5, 5.41) is 2.47. The highest BCUT2D eigenvalue weighted by Crippen LogP contribution is 2.17. The highest BCUT2D eigenvalue weighted by Gasteiger charge is 2.15. The average molecular weight is 379 g/mol. The number of carbonyl (C=O) groups excluding carboxylic acids is 2. The highest BCUT2D eigenvalue weighted by atomic mass is 32.2. The molecule has 0 atom stereocenters. The van der Waals surface area contributed by atoms with Gasteiger partial charge in [0, 0.05) is 25.3 Å². The lowest BCUT2D eigenvalue weighted by atomic mass is 10.2. The normalized spacial score (nSPS) is 10.9. The van der Waals surface area contributed by atoms with Crippen molar-refractivity contribution in [3.63, 3.8) is 0 Å². The molecular weight excluding hydrogens is 361 g/mol. The van der Waals surface area contributed by atoms with Gasteiger partial charge in [0.2, 0.25) is 5.91 Å². The number of sulfonamides is 1. The van der Waals surface area contributed by atoms with Crippen LogP contribution in [0.1, 0.15) is 10.4 Å². The van der Waals surface area contributed by atoms with Crippen LogP contribution in [-0.2, 0) is 14.8 Å². The third-order valence-corrected chi connectivity index (χ3v) is 4.82. The first-order valence-corrected chi connectivity index (χ1v) is 9.04. The number of carbonyl (C=O) groups is 2. The number of likely N-dealkylation sites (N-methyl/N-ethyl adjacent to an activating group) is 1. The summed E-state index contributed by atoms with van der Waals surface area (Å²) in [5.41, 5.74) is 0.525. The maximum atomic E-state index is 12.9. The number of benzene rings is 2. The third-order valence-electron chi connectivity index (χ3n) is 3.42. The zero-order valence-corrected chi connectivity index (χ0v) is 15.0. The number of amides is 2. The number of hydrogen-bond donors (Lipinski definition) is 2. The van der Waals surface area contributed by atoms with Gasteiger partial charge >= 0.3 is 0 Å². The Morgan fingerprint density at radius 2 is 1.58 bits per heavy atom. The highest BCUT2D eigenvalue weighted by molar-refractivity contribution is 7.92. The second-order valence-electron chi connectivity index (χ2n) is 5.61. The summed E-state index contributed by atoms with van der Waals surface area (Å²) in [6.45, 7) is -0.134. The fourth-order valence-electron chi connectivity index (χ4n) is 1.93. The summed E-state index contributed by atoms with van der Waals surface area (Å²) < 4.78 is 39.7. The third kappa shape index (κ3) is 5.03.